The van der Waals surface area contributed by atoms with Crippen LogP contribution in [0.15, 0.2) is 12.5 Å². The molecule has 1 aromatic heterocycles. The molecule has 6 nitrogen and oxygen atoms in total. The summed E-state index contributed by atoms with van der Waals surface area (Å²) in [5, 5.41) is 17.8. The van der Waals surface area contributed by atoms with Gasteiger partial charge in [-0.1, -0.05) is 0 Å². The van der Waals surface area contributed by atoms with Crippen molar-refractivity contribution in [2.75, 3.05) is 18.0 Å². The van der Waals surface area contributed by atoms with E-state index in [1.807, 2.05) is 0 Å². The largest absolute Gasteiger partial charge is 0.481 e. The Bertz CT molecular complexity index is 498. The highest BCUT2D eigenvalue weighted by Gasteiger charge is 2.23. The van der Waals surface area contributed by atoms with Gasteiger partial charge in [-0.3, -0.25) is 4.79 Å². The summed E-state index contributed by atoms with van der Waals surface area (Å²) in [6, 6.07) is 2.10. The normalized spacial score (nSPS) is 18.9. The van der Waals surface area contributed by atoms with Gasteiger partial charge in [0, 0.05) is 19.5 Å². The number of aliphatic carboxylic acids is 1. The highest BCUT2D eigenvalue weighted by Crippen LogP contribution is 2.26. The van der Waals surface area contributed by atoms with Gasteiger partial charge in [-0.25, -0.2) is 9.97 Å². The number of carboxylic acids is 1. The quantitative estimate of drug-likeness (QED) is 0.880. The molecule has 100 valence electrons. The first kappa shape index (κ1) is 13.3. The summed E-state index contributed by atoms with van der Waals surface area (Å²) < 4.78 is 0. The van der Waals surface area contributed by atoms with Crippen LogP contribution in [0.3, 0.4) is 0 Å². The number of nitrogens with zero attached hydrogens (tertiary/aromatic N) is 4. The molecular formula is C13H16N4O2. The van der Waals surface area contributed by atoms with Gasteiger partial charge in [-0.15, -0.1) is 0 Å². The number of hydrogen-bond donors (Lipinski definition) is 1. The molecule has 1 unspecified atom stereocenters. The second-order valence-corrected chi connectivity index (χ2v) is 4.76. The zero-order valence-electron chi connectivity index (χ0n) is 10.6. The van der Waals surface area contributed by atoms with Crippen molar-refractivity contribution in [3.63, 3.8) is 0 Å². The molecule has 1 atom stereocenters. The van der Waals surface area contributed by atoms with Crippen LogP contribution in [0.5, 0.6) is 0 Å². The van der Waals surface area contributed by atoms with E-state index in [9.17, 15) is 4.79 Å². The molecule has 2 heterocycles. The van der Waals surface area contributed by atoms with E-state index >= 15 is 0 Å². The summed E-state index contributed by atoms with van der Waals surface area (Å²) in [4.78, 5) is 20.7. The summed E-state index contributed by atoms with van der Waals surface area (Å²) >= 11 is 0. The van der Waals surface area contributed by atoms with Gasteiger partial charge in [0.1, 0.15) is 23.8 Å². The van der Waals surface area contributed by atoms with E-state index < -0.39 is 5.97 Å². The van der Waals surface area contributed by atoms with Gasteiger partial charge in [0.2, 0.25) is 0 Å². The molecule has 1 fully saturated rings. The number of nitriles is 1. The molecule has 0 radical (unpaired) electrons. The monoisotopic (exact) mass is 260 g/mol. The van der Waals surface area contributed by atoms with Crippen molar-refractivity contribution in [1.82, 2.24) is 9.97 Å². The third-order valence-corrected chi connectivity index (χ3v) is 3.40. The molecular weight excluding hydrogens is 244 g/mol. The number of piperidine rings is 1. The topological polar surface area (TPSA) is 90.1 Å². The number of hydrogen-bond acceptors (Lipinski definition) is 5. The van der Waals surface area contributed by atoms with Gasteiger partial charge in [-0.2, -0.15) is 5.26 Å². The second kappa shape index (κ2) is 6.14. The standard InChI is InChI=1S/C13H16N4O2/c14-6-11-7-15-9-16-13(11)17-5-1-2-10(8-17)3-4-12(18)19/h7,9-10H,1-5,8H2,(H,18,19). The minimum absolute atomic E-state index is 0.202. The average molecular weight is 260 g/mol. The van der Waals surface area contributed by atoms with Crippen LogP contribution in [0.4, 0.5) is 5.82 Å². The highest BCUT2D eigenvalue weighted by atomic mass is 16.4. The molecule has 1 saturated heterocycles. The summed E-state index contributed by atoms with van der Waals surface area (Å²) in [7, 11) is 0. The summed E-state index contributed by atoms with van der Waals surface area (Å²) in [6.07, 6.45) is 5.88. The van der Waals surface area contributed by atoms with Crippen LogP contribution in [0, 0.1) is 17.2 Å². The van der Waals surface area contributed by atoms with Crippen LogP contribution in [0.2, 0.25) is 0 Å². The molecule has 0 aliphatic carbocycles. The Labute approximate surface area is 111 Å². The average Bonchev–Trinajstić information content (AvgIpc) is 2.45. The first-order chi connectivity index (χ1) is 9.20. The number of anilines is 1. The van der Waals surface area contributed by atoms with E-state index in [0.29, 0.717) is 23.7 Å². The summed E-state index contributed by atoms with van der Waals surface area (Å²) in [5.74, 6) is 0.265. The lowest BCUT2D eigenvalue weighted by Gasteiger charge is -2.33. The minimum atomic E-state index is -0.753. The number of carboxylic acid groups (broad SMARTS) is 1. The molecule has 1 N–H and O–H groups in total. The predicted molar refractivity (Wildman–Crippen MR) is 68.6 cm³/mol. The van der Waals surface area contributed by atoms with E-state index in [4.69, 9.17) is 10.4 Å². The fourth-order valence-corrected chi connectivity index (χ4v) is 2.47. The van der Waals surface area contributed by atoms with Crippen molar-refractivity contribution in [2.45, 2.75) is 25.7 Å². The smallest absolute Gasteiger partial charge is 0.303 e. The number of rotatable bonds is 4. The fourth-order valence-electron chi connectivity index (χ4n) is 2.47. The van der Waals surface area contributed by atoms with Crippen LogP contribution in [-0.4, -0.2) is 34.1 Å². The van der Waals surface area contributed by atoms with E-state index in [0.717, 1.165) is 25.9 Å². The van der Waals surface area contributed by atoms with Crippen molar-refractivity contribution in [3.05, 3.63) is 18.1 Å². The lowest BCUT2D eigenvalue weighted by molar-refractivity contribution is -0.137. The maximum atomic E-state index is 10.6. The van der Waals surface area contributed by atoms with Crippen molar-refractivity contribution in [1.29, 1.82) is 5.26 Å². The molecule has 0 spiro atoms. The lowest BCUT2D eigenvalue weighted by Crippen LogP contribution is -2.36. The Morgan fingerprint density at radius 3 is 3.21 bits per heavy atom. The molecule has 0 aromatic carbocycles. The molecule has 1 aliphatic heterocycles. The van der Waals surface area contributed by atoms with Crippen molar-refractivity contribution in [2.24, 2.45) is 5.92 Å². The molecule has 1 aliphatic rings. The minimum Gasteiger partial charge on any atom is -0.481 e. The van der Waals surface area contributed by atoms with Crippen LogP contribution >= 0.6 is 0 Å². The second-order valence-electron chi connectivity index (χ2n) is 4.76. The Kier molecular flexibility index (Phi) is 4.29. The highest BCUT2D eigenvalue weighted by molar-refractivity contribution is 5.66. The third kappa shape index (κ3) is 3.41. The zero-order valence-corrected chi connectivity index (χ0v) is 10.6. The molecule has 2 rings (SSSR count). The lowest BCUT2D eigenvalue weighted by atomic mass is 9.93. The molecule has 19 heavy (non-hydrogen) atoms. The van der Waals surface area contributed by atoms with E-state index in [-0.39, 0.29) is 6.42 Å². The van der Waals surface area contributed by atoms with Crippen LogP contribution in [0.1, 0.15) is 31.2 Å². The maximum absolute atomic E-state index is 10.6. The first-order valence-electron chi connectivity index (χ1n) is 6.37. The Morgan fingerprint density at radius 1 is 1.63 bits per heavy atom. The van der Waals surface area contributed by atoms with Crippen LogP contribution in [0.25, 0.3) is 0 Å². The molecule has 0 amide bonds. The van der Waals surface area contributed by atoms with Crippen LogP contribution < -0.4 is 4.90 Å². The SMILES string of the molecule is N#Cc1cncnc1N1CCCC(CCC(=O)O)C1. The van der Waals surface area contributed by atoms with Gasteiger partial charge < -0.3 is 10.0 Å². The van der Waals surface area contributed by atoms with E-state index in [2.05, 4.69) is 20.9 Å². The van der Waals surface area contributed by atoms with Gasteiger partial charge >= 0.3 is 5.97 Å². The van der Waals surface area contributed by atoms with Crippen LogP contribution in [-0.2, 0) is 4.79 Å². The van der Waals surface area contributed by atoms with Gasteiger partial charge in [0.05, 0.1) is 6.20 Å². The predicted octanol–water partition coefficient (Wildman–Crippen LogP) is 1.43. The number of carbonyl (C=O) groups is 1. The van der Waals surface area contributed by atoms with Crippen molar-refractivity contribution < 1.29 is 9.90 Å². The first-order valence-corrected chi connectivity index (χ1v) is 6.37. The maximum Gasteiger partial charge on any atom is 0.303 e. The third-order valence-electron chi connectivity index (χ3n) is 3.40. The Hall–Kier alpha value is -2.16. The van der Waals surface area contributed by atoms with Gasteiger partial charge in [-0.05, 0) is 25.2 Å². The Balaban J connectivity index is 2.04. The number of aromatic nitrogens is 2. The summed E-state index contributed by atoms with van der Waals surface area (Å²) in [6.45, 7) is 1.62. The fraction of sp³-hybridized carbons (Fsp3) is 0.538. The Morgan fingerprint density at radius 2 is 2.47 bits per heavy atom. The summed E-state index contributed by atoms with van der Waals surface area (Å²) in [5.41, 5.74) is 0.474. The molecule has 0 saturated carbocycles. The van der Waals surface area contributed by atoms with Crippen molar-refractivity contribution in [3.8, 4) is 6.07 Å². The zero-order chi connectivity index (χ0) is 13.7. The molecule has 6 heteroatoms. The van der Waals surface area contributed by atoms with Crippen molar-refractivity contribution >= 4 is 11.8 Å². The van der Waals surface area contributed by atoms with Gasteiger partial charge in [0.25, 0.3) is 0 Å². The molecule has 1 aromatic rings. The molecule has 0 bridgehead atoms. The van der Waals surface area contributed by atoms with E-state index in [1.54, 1.807) is 0 Å². The van der Waals surface area contributed by atoms with E-state index in [1.165, 1.54) is 12.5 Å². The van der Waals surface area contributed by atoms with Gasteiger partial charge in [0.15, 0.2) is 0 Å².